The van der Waals surface area contributed by atoms with Crippen molar-refractivity contribution >= 4 is 34.3 Å². The van der Waals surface area contributed by atoms with E-state index in [4.69, 9.17) is 29.8 Å². The summed E-state index contributed by atoms with van der Waals surface area (Å²) in [5, 5.41) is 10.5. The molecule has 0 saturated carbocycles. The number of carboxylic acid groups (broad SMARTS) is 1. The van der Waals surface area contributed by atoms with Gasteiger partial charge in [-0.25, -0.2) is 4.79 Å². The Hall–Kier alpha value is -5.21. The lowest BCUT2D eigenvalue weighted by Gasteiger charge is -2.17. The largest absolute Gasteiger partial charge is 0.493 e. The van der Waals surface area contributed by atoms with Gasteiger partial charge in [0, 0.05) is 36.2 Å². The molecule has 1 amide bonds. The lowest BCUT2D eigenvalue weighted by molar-refractivity contribution is -0.192. The Labute approximate surface area is 281 Å². The fourth-order valence-corrected chi connectivity index (χ4v) is 4.66. The number of aliphatic carboxylic acids is 1. The zero-order valence-electron chi connectivity index (χ0n) is 26.5. The number of pyridine rings is 1. The molecule has 1 aromatic heterocycles. The first-order chi connectivity index (χ1) is 22.8. The lowest BCUT2D eigenvalue weighted by Crippen LogP contribution is -2.23. The maximum Gasteiger partial charge on any atom is 0.490 e. The van der Waals surface area contributed by atoms with Gasteiger partial charge in [-0.3, -0.25) is 14.4 Å². The number of H-pyrrole nitrogens is 1. The van der Waals surface area contributed by atoms with E-state index in [-0.39, 0.29) is 24.7 Å². The molecule has 0 bridgehead atoms. The first-order valence-corrected chi connectivity index (χ1v) is 14.7. The molecular formula is C35H40F3N3O8. The lowest BCUT2D eigenvalue weighted by atomic mass is 9.89. The molecule has 4 aromatic rings. The number of alkyl halides is 3. The number of ketones is 1. The number of benzene rings is 3. The van der Waals surface area contributed by atoms with Crippen LogP contribution in [0.2, 0.25) is 0 Å². The van der Waals surface area contributed by atoms with Gasteiger partial charge >= 0.3 is 12.1 Å². The van der Waals surface area contributed by atoms with E-state index in [1.165, 1.54) is 13.2 Å². The van der Waals surface area contributed by atoms with Crippen LogP contribution in [0.15, 0.2) is 71.5 Å². The molecule has 0 unspecified atom stereocenters. The number of aryl methyl sites for hydroxylation is 1. The average Bonchev–Trinajstić information content (AvgIpc) is 3.05. The van der Waals surface area contributed by atoms with Crippen LogP contribution in [0.3, 0.4) is 0 Å². The van der Waals surface area contributed by atoms with Crippen molar-refractivity contribution in [2.75, 3.05) is 39.3 Å². The summed E-state index contributed by atoms with van der Waals surface area (Å²) in [5.41, 5.74) is 8.44. The van der Waals surface area contributed by atoms with Gasteiger partial charge in [0.25, 0.3) is 11.5 Å². The number of carbonyl (C=O) groups is 3. The summed E-state index contributed by atoms with van der Waals surface area (Å²) in [5.74, 6) is -2.51. The van der Waals surface area contributed by atoms with Crippen LogP contribution in [-0.2, 0) is 9.53 Å². The third-order valence-corrected chi connectivity index (χ3v) is 7.19. The van der Waals surface area contributed by atoms with Gasteiger partial charge in [-0.15, -0.1) is 0 Å². The van der Waals surface area contributed by atoms with Crippen molar-refractivity contribution in [2.45, 2.75) is 39.3 Å². The standard InChI is InChI=1S/C32H35N3O6.C2HF3O2.CH4/c1-20-9-10-23(28(36)17-22(11-12-33)21-7-5-4-6-8-21)16-26(20)34-31(37)25-15-24-18-30(41-14-13-39-2)29(40-3)19-27(24)35-32(25)38;3-2(4,5)1(6)7;/h4-10,15-16,18-19,22H,11-14,17,33H2,1-3H3,(H,34,37)(H,35,38);(H,6,7);1H4/t22-;;/m0../s1. The number of carboxylic acids is 1. The van der Waals surface area contributed by atoms with Gasteiger partial charge in [-0.05, 0) is 55.1 Å². The Morgan fingerprint density at radius 3 is 2.24 bits per heavy atom. The van der Waals surface area contributed by atoms with Crippen molar-refractivity contribution in [3.05, 3.63) is 99.3 Å². The summed E-state index contributed by atoms with van der Waals surface area (Å²) in [7, 11) is 3.08. The molecule has 3 aromatic carbocycles. The Morgan fingerprint density at radius 2 is 1.65 bits per heavy atom. The first-order valence-electron chi connectivity index (χ1n) is 14.7. The second kappa shape index (κ2) is 18.4. The van der Waals surface area contributed by atoms with Gasteiger partial charge in [0.05, 0.1) is 19.2 Å². The van der Waals surface area contributed by atoms with Gasteiger partial charge in [-0.2, -0.15) is 13.2 Å². The summed E-state index contributed by atoms with van der Waals surface area (Å²) < 4.78 is 47.9. The van der Waals surface area contributed by atoms with Crippen LogP contribution in [0, 0.1) is 6.92 Å². The number of aromatic amines is 1. The number of nitrogens with two attached hydrogens (primary N) is 1. The van der Waals surface area contributed by atoms with Gasteiger partial charge in [-0.1, -0.05) is 49.9 Å². The van der Waals surface area contributed by atoms with Crippen LogP contribution in [0.5, 0.6) is 11.5 Å². The van der Waals surface area contributed by atoms with Gasteiger partial charge in [0.15, 0.2) is 17.3 Å². The Morgan fingerprint density at radius 1 is 0.980 bits per heavy atom. The van der Waals surface area contributed by atoms with Crippen molar-refractivity contribution in [3.63, 3.8) is 0 Å². The van der Waals surface area contributed by atoms with Crippen molar-refractivity contribution < 1.29 is 46.9 Å². The van der Waals surface area contributed by atoms with E-state index in [1.54, 1.807) is 37.4 Å². The number of carbonyl (C=O) groups excluding carboxylic acids is 2. The minimum atomic E-state index is -5.08. The smallest absolute Gasteiger partial charge is 0.490 e. The van der Waals surface area contributed by atoms with Crippen LogP contribution in [-0.4, -0.2) is 67.9 Å². The molecule has 49 heavy (non-hydrogen) atoms. The molecule has 0 saturated heterocycles. The molecule has 14 heteroatoms. The number of methoxy groups -OCH3 is 2. The number of halogens is 3. The molecule has 1 atom stereocenters. The number of anilines is 1. The van der Waals surface area contributed by atoms with Gasteiger partial charge in [0.1, 0.15) is 12.2 Å². The van der Waals surface area contributed by atoms with Crippen molar-refractivity contribution in [2.24, 2.45) is 5.73 Å². The van der Waals surface area contributed by atoms with Gasteiger partial charge < -0.3 is 35.4 Å². The minimum absolute atomic E-state index is 0. The fourth-order valence-electron chi connectivity index (χ4n) is 4.66. The molecule has 0 fully saturated rings. The molecule has 0 aliphatic rings. The van der Waals surface area contributed by atoms with Gasteiger partial charge in [0.2, 0.25) is 0 Å². The highest BCUT2D eigenvalue weighted by Gasteiger charge is 2.38. The first kappa shape index (κ1) is 40.0. The molecule has 0 spiro atoms. The fraction of sp³-hybridized carbons (Fsp3) is 0.314. The summed E-state index contributed by atoms with van der Waals surface area (Å²) >= 11 is 0. The number of ether oxygens (including phenoxy) is 3. The summed E-state index contributed by atoms with van der Waals surface area (Å²) in [6.07, 6.45) is -4.11. The number of nitrogens with one attached hydrogen (secondary N) is 2. The Balaban J connectivity index is 0.000000940. The Kier molecular flexibility index (Phi) is 15.0. The molecule has 5 N–H and O–H groups in total. The maximum absolute atomic E-state index is 13.3. The maximum atomic E-state index is 13.3. The summed E-state index contributed by atoms with van der Waals surface area (Å²) in [6, 6.07) is 19.9. The second-order valence-corrected chi connectivity index (χ2v) is 10.5. The van der Waals surface area contributed by atoms with Crippen molar-refractivity contribution in [1.29, 1.82) is 0 Å². The topological polar surface area (TPSA) is 170 Å². The number of hydrogen-bond donors (Lipinski definition) is 4. The van der Waals surface area contributed by atoms with Crippen LogP contribution in [0.25, 0.3) is 10.9 Å². The quantitative estimate of drug-likeness (QED) is 0.0959. The average molecular weight is 688 g/mol. The third-order valence-electron chi connectivity index (χ3n) is 7.19. The summed E-state index contributed by atoms with van der Waals surface area (Å²) in [4.78, 5) is 51.1. The number of amides is 1. The highest BCUT2D eigenvalue weighted by molar-refractivity contribution is 6.07. The van der Waals surface area contributed by atoms with Crippen LogP contribution in [0.1, 0.15) is 58.0 Å². The predicted octanol–water partition coefficient (Wildman–Crippen LogP) is 6.10. The second-order valence-electron chi connectivity index (χ2n) is 10.5. The zero-order chi connectivity index (χ0) is 35.4. The minimum Gasteiger partial charge on any atom is -0.493 e. The van der Waals surface area contributed by atoms with Crippen LogP contribution < -0.4 is 26.1 Å². The van der Waals surface area contributed by atoms with E-state index >= 15 is 0 Å². The van der Waals surface area contributed by atoms with E-state index in [1.807, 2.05) is 37.3 Å². The highest BCUT2D eigenvalue weighted by Crippen LogP contribution is 2.32. The molecule has 4 rings (SSSR count). The Bertz CT molecular complexity index is 1790. The molecule has 0 aliphatic heterocycles. The number of rotatable bonds is 13. The van der Waals surface area contributed by atoms with E-state index in [0.29, 0.717) is 66.3 Å². The number of hydrogen-bond acceptors (Lipinski definition) is 8. The molecule has 264 valence electrons. The van der Waals surface area contributed by atoms with E-state index in [9.17, 15) is 27.6 Å². The number of fused-ring (bicyclic) bond motifs is 1. The molecule has 0 aliphatic carbocycles. The third kappa shape index (κ3) is 11.2. The van der Waals surface area contributed by atoms with Crippen molar-refractivity contribution in [1.82, 2.24) is 4.98 Å². The van der Waals surface area contributed by atoms with E-state index in [2.05, 4.69) is 10.3 Å². The van der Waals surface area contributed by atoms with Crippen LogP contribution >= 0.6 is 0 Å². The number of Topliss-reactive ketones (excluding diaryl/α,β-unsaturated/α-hetero) is 1. The summed E-state index contributed by atoms with van der Waals surface area (Å²) in [6.45, 7) is 2.99. The molecule has 0 radical (unpaired) electrons. The zero-order valence-corrected chi connectivity index (χ0v) is 26.5. The van der Waals surface area contributed by atoms with E-state index < -0.39 is 23.6 Å². The van der Waals surface area contributed by atoms with Crippen LogP contribution in [0.4, 0.5) is 18.9 Å². The molecular weight excluding hydrogens is 647 g/mol. The molecule has 1 heterocycles. The SMILES string of the molecule is C.COCCOc1cc2cc(C(=O)Nc3cc(C(=O)C[C@H](CCN)c4ccccc4)ccc3C)c(=O)[nH]c2cc1OC.O=C(O)C(F)(F)F. The number of aromatic nitrogens is 1. The highest BCUT2D eigenvalue weighted by atomic mass is 19.4. The van der Waals surface area contributed by atoms with Crippen molar-refractivity contribution in [3.8, 4) is 11.5 Å². The predicted molar refractivity (Wildman–Crippen MR) is 180 cm³/mol. The monoisotopic (exact) mass is 687 g/mol. The van der Waals surface area contributed by atoms with E-state index in [0.717, 1.165) is 11.1 Å². The normalized spacial score (nSPS) is 11.4. The molecule has 11 nitrogen and oxygen atoms in total.